The van der Waals surface area contributed by atoms with Gasteiger partial charge < -0.3 is 10.6 Å². The van der Waals surface area contributed by atoms with Crippen LogP contribution in [0.1, 0.15) is 25.5 Å². The Labute approximate surface area is 86.7 Å². The lowest BCUT2D eigenvalue weighted by atomic mass is 9.95. The zero-order valence-corrected chi connectivity index (χ0v) is 9.49. The molecular formula is C12H20N2. The molecule has 14 heavy (non-hydrogen) atoms. The standard InChI is InChI=1S/C12H20N2/c1-9(2)12(14(3)4)10-5-7-11(13)8-6-10/h5-9,12H,13H2,1-4H3. The van der Waals surface area contributed by atoms with E-state index in [2.05, 4.69) is 45.0 Å². The lowest BCUT2D eigenvalue weighted by molar-refractivity contribution is 0.235. The number of rotatable bonds is 3. The van der Waals surface area contributed by atoms with Gasteiger partial charge >= 0.3 is 0 Å². The molecule has 0 fully saturated rings. The Balaban J connectivity index is 2.94. The van der Waals surface area contributed by atoms with Gasteiger partial charge in [-0.25, -0.2) is 0 Å². The van der Waals surface area contributed by atoms with Gasteiger partial charge in [-0.2, -0.15) is 0 Å². The fourth-order valence-corrected chi connectivity index (χ4v) is 1.97. The van der Waals surface area contributed by atoms with Gasteiger partial charge in [0.25, 0.3) is 0 Å². The molecule has 0 aliphatic rings. The molecule has 1 aromatic carbocycles. The Bertz CT molecular complexity index is 267. The summed E-state index contributed by atoms with van der Waals surface area (Å²) in [6.45, 7) is 4.47. The molecule has 78 valence electrons. The van der Waals surface area contributed by atoms with E-state index in [1.807, 2.05) is 12.1 Å². The van der Waals surface area contributed by atoms with Crippen LogP contribution in [0.25, 0.3) is 0 Å². The molecule has 0 saturated carbocycles. The Morgan fingerprint density at radius 2 is 1.57 bits per heavy atom. The Morgan fingerprint density at radius 3 is 1.93 bits per heavy atom. The summed E-state index contributed by atoms with van der Waals surface area (Å²) in [5.74, 6) is 0.605. The van der Waals surface area contributed by atoms with E-state index >= 15 is 0 Å². The average molecular weight is 192 g/mol. The maximum absolute atomic E-state index is 5.67. The number of hydrogen-bond acceptors (Lipinski definition) is 2. The van der Waals surface area contributed by atoms with Gasteiger partial charge in [0.15, 0.2) is 0 Å². The summed E-state index contributed by atoms with van der Waals surface area (Å²) in [6.07, 6.45) is 0. The van der Waals surface area contributed by atoms with Gasteiger partial charge in [0, 0.05) is 11.7 Å². The van der Waals surface area contributed by atoms with Crippen LogP contribution in [-0.2, 0) is 0 Å². The summed E-state index contributed by atoms with van der Waals surface area (Å²) in [6, 6.07) is 8.62. The van der Waals surface area contributed by atoms with Crippen molar-refractivity contribution in [3.05, 3.63) is 29.8 Å². The quantitative estimate of drug-likeness (QED) is 0.746. The second-order valence-electron chi connectivity index (χ2n) is 4.32. The van der Waals surface area contributed by atoms with Crippen LogP contribution in [-0.4, -0.2) is 19.0 Å². The first-order chi connectivity index (χ1) is 6.52. The molecule has 2 nitrogen and oxygen atoms in total. The van der Waals surface area contributed by atoms with E-state index in [0.717, 1.165) is 5.69 Å². The fourth-order valence-electron chi connectivity index (χ4n) is 1.97. The molecule has 0 saturated heterocycles. The minimum atomic E-state index is 0.468. The molecule has 0 aliphatic heterocycles. The summed E-state index contributed by atoms with van der Waals surface area (Å²) in [5, 5.41) is 0. The lowest BCUT2D eigenvalue weighted by Gasteiger charge is -2.28. The molecule has 0 radical (unpaired) electrons. The third-order valence-corrected chi connectivity index (χ3v) is 2.47. The lowest BCUT2D eigenvalue weighted by Crippen LogP contribution is -2.24. The van der Waals surface area contributed by atoms with Gasteiger partial charge in [0.2, 0.25) is 0 Å². The summed E-state index contributed by atoms with van der Waals surface area (Å²) in [5.41, 5.74) is 7.83. The van der Waals surface area contributed by atoms with Crippen molar-refractivity contribution in [2.24, 2.45) is 5.92 Å². The Hall–Kier alpha value is -1.02. The summed E-state index contributed by atoms with van der Waals surface area (Å²) >= 11 is 0. The van der Waals surface area contributed by atoms with Crippen molar-refractivity contribution in [1.29, 1.82) is 0 Å². The first-order valence-corrected chi connectivity index (χ1v) is 5.04. The highest BCUT2D eigenvalue weighted by Gasteiger charge is 2.17. The number of hydrogen-bond donors (Lipinski definition) is 1. The summed E-state index contributed by atoms with van der Waals surface area (Å²) < 4.78 is 0. The Morgan fingerprint density at radius 1 is 1.07 bits per heavy atom. The number of nitrogens with zero attached hydrogens (tertiary/aromatic N) is 1. The van der Waals surface area contributed by atoms with Gasteiger partial charge in [-0.3, -0.25) is 0 Å². The molecule has 1 rings (SSSR count). The average Bonchev–Trinajstić information content (AvgIpc) is 2.07. The van der Waals surface area contributed by atoms with Gasteiger partial charge in [0.1, 0.15) is 0 Å². The minimum absolute atomic E-state index is 0.468. The minimum Gasteiger partial charge on any atom is -0.399 e. The topological polar surface area (TPSA) is 29.3 Å². The molecule has 0 bridgehead atoms. The molecule has 1 unspecified atom stereocenters. The van der Waals surface area contributed by atoms with E-state index in [-0.39, 0.29) is 0 Å². The van der Waals surface area contributed by atoms with Crippen molar-refractivity contribution in [2.45, 2.75) is 19.9 Å². The number of anilines is 1. The third-order valence-electron chi connectivity index (χ3n) is 2.47. The monoisotopic (exact) mass is 192 g/mol. The van der Waals surface area contributed by atoms with Gasteiger partial charge in [0.05, 0.1) is 0 Å². The van der Waals surface area contributed by atoms with Crippen LogP contribution < -0.4 is 5.73 Å². The third kappa shape index (κ3) is 2.48. The first-order valence-electron chi connectivity index (χ1n) is 5.04. The van der Waals surface area contributed by atoms with E-state index in [1.165, 1.54) is 5.56 Å². The molecule has 1 atom stereocenters. The highest BCUT2D eigenvalue weighted by Crippen LogP contribution is 2.26. The molecule has 2 N–H and O–H groups in total. The maximum atomic E-state index is 5.67. The van der Waals surface area contributed by atoms with Crippen molar-refractivity contribution in [3.63, 3.8) is 0 Å². The zero-order chi connectivity index (χ0) is 10.7. The number of benzene rings is 1. The van der Waals surface area contributed by atoms with Gasteiger partial charge in [-0.05, 0) is 37.7 Å². The second-order valence-corrected chi connectivity index (χ2v) is 4.32. The van der Waals surface area contributed by atoms with E-state index in [0.29, 0.717) is 12.0 Å². The number of nitrogen functional groups attached to an aromatic ring is 1. The predicted octanol–water partition coefficient (Wildman–Crippen LogP) is 2.53. The molecule has 0 spiro atoms. The molecule has 0 heterocycles. The van der Waals surface area contributed by atoms with Crippen LogP contribution in [0.3, 0.4) is 0 Å². The molecule has 0 amide bonds. The van der Waals surface area contributed by atoms with Crippen LogP contribution in [0, 0.1) is 5.92 Å². The molecule has 0 aromatic heterocycles. The predicted molar refractivity (Wildman–Crippen MR) is 62.1 cm³/mol. The van der Waals surface area contributed by atoms with E-state index in [9.17, 15) is 0 Å². The SMILES string of the molecule is CC(C)C(c1ccc(N)cc1)N(C)C. The Kier molecular flexibility index (Phi) is 3.53. The largest absolute Gasteiger partial charge is 0.399 e. The van der Waals surface area contributed by atoms with Gasteiger partial charge in [-0.15, -0.1) is 0 Å². The van der Waals surface area contributed by atoms with Crippen molar-refractivity contribution in [3.8, 4) is 0 Å². The normalized spacial score (nSPS) is 13.6. The summed E-state index contributed by atoms with van der Waals surface area (Å²) in [7, 11) is 4.22. The van der Waals surface area contributed by atoms with Crippen LogP contribution in [0.15, 0.2) is 24.3 Å². The van der Waals surface area contributed by atoms with Crippen molar-refractivity contribution in [1.82, 2.24) is 4.90 Å². The van der Waals surface area contributed by atoms with Crippen LogP contribution in [0.4, 0.5) is 5.69 Å². The van der Waals surface area contributed by atoms with E-state index in [4.69, 9.17) is 5.73 Å². The number of nitrogens with two attached hydrogens (primary N) is 1. The molecule has 1 aromatic rings. The van der Waals surface area contributed by atoms with Gasteiger partial charge in [-0.1, -0.05) is 26.0 Å². The zero-order valence-electron chi connectivity index (χ0n) is 9.49. The highest BCUT2D eigenvalue weighted by atomic mass is 15.1. The van der Waals surface area contributed by atoms with Crippen molar-refractivity contribution in [2.75, 3.05) is 19.8 Å². The van der Waals surface area contributed by atoms with E-state index < -0.39 is 0 Å². The van der Waals surface area contributed by atoms with Crippen LogP contribution in [0.5, 0.6) is 0 Å². The summed E-state index contributed by atoms with van der Waals surface area (Å²) in [4.78, 5) is 2.25. The fraction of sp³-hybridized carbons (Fsp3) is 0.500. The van der Waals surface area contributed by atoms with Crippen molar-refractivity contribution >= 4 is 5.69 Å². The van der Waals surface area contributed by atoms with E-state index in [1.54, 1.807) is 0 Å². The molecule has 0 aliphatic carbocycles. The van der Waals surface area contributed by atoms with Crippen molar-refractivity contribution < 1.29 is 0 Å². The first kappa shape index (κ1) is 11.1. The smallest absolute Gasteiger partial charge is 0.0364 e. The highest BCUT2D eigenvalue weighted by molar-refractivity contribution is 5.40. The maximum Gasteiger partial charge on any atom is 0.0364 e. The van der Waals surface area contributed by atoms with Crippen LogP contribution in [0.2, 0.25) is 0 Å². The molecular weight excluding hydrogens is 172 g/mol. The molecule has 2 heteroatoms. The van der Waals surface area contributed by atoms with Crippen LogP contribution >= 0.6 is 0 Å². The second kappa shape index (κ2) is 4.47.